The van der Waals surface area contributed by atoms with Crippen LogP contribution in [-0.2, 0) is 17.1 Å². The van der Waals surface area contributed by atoms with Gasteiger partial charge < -0.3 is 0 Å². The van der Waals surface area contributed by atoms with Crippen molar-refractivity contribution in [1.82, 2.24) is 0 Å². The van der Waals surface area contributed by atoms with Crippen molar-refractivity contribution in [1.29, 1.82) is 0 Å². The van der Waals surface area contributed by atoms with Crippen molar-refractivity contribution in [2.24, 2.45) is 0 Å². The van der Waals surface area contributed by atoms with Crippen LogP contribution in [0.3, 0.4) is 0 Å². The molecule has 0 amide bonds. The van der Waals surface area contributed by atoms with Gasteiger partial charge in [-0.05, 0) is 0 Å². The fourth-order valence-corrected chi connectivity index (χ4v) is 19.4. The van der Waals surface area contributed by atoms with Crippen molar-refractivity contribution in [3.63, 3.8) is 0 Å². The van der Waals surface area contributed by atoms with Crippen molar-refractivity contribution >= 4 is 22.0 Å². The van der Waals surface area contributed by atoms with Crippen LogP contribution in [0, 0.1) is 0 Å². The van der Waals surface area contributed by atoms with Crippen LogP contribution in [0.25, 0.3) is 0 Å². The van der Waals surface area contributed by atoms with Gasteiger partial charge in [0.15, 0.2) is 0 Å². The Morgan fingerprint density at radius 1 is 0.708 bits per heavy atom. The van der Waals surface area contributed by atoms with Gasteiger partial charge in [-0.3, -0.25) is 0 Å². The Hall–Kier alpha value is 0.0182. The molecular formula is C22H36FeSn. The van der Waals surface area contributed by atoms with E-state index in [1.165, 1.54) is 38.5 Å². The minimum atomic E-state index is -2.03. The molecule has 0 atom stereocenters. The Bertz CT molecular complexity index is 405. The molecule has 0 heterocycles. The van der Waals surface area contributed by atoms with E-state index in [2.05, 4.69) is 45.0 Å². The Balaban J connectivity index is 0.000000751. The van der Waals surface area contributed by atoms with Crippen molar-refractivity contribution < 1.29 is 17.1 Å². The van der Waals surface area contributed by atoms with E-state index < -0.39 is 18.4 Å². The zero-order chi connectivity index (χ0) is 16.8. The average molecular weight is 475 g/mol. The second-order valence-electron chi connectivity index (χ2n) is 6.73. The normalized spacial score (nSPS) is 10.6. The molecule has 136 valence electrons. The maximum absolute atomic E-state index is 2.46. The first-order valence-corrected chi connectivity index (χ1v) is 17.2. The van der Waals surface area contributed by atoms with Crippen LogP contribution < -0.4 is 3.58 Å². The van der Waals surface area contributed by atoms with Crippen molar-refractivity contribution in [3.8, 4) is 0 Å². The molecule has 0 saturated carbocycles. The molecule has 2 aromatic carbocycles. The van der Waals surface area contributed by atoms with Gasteiger partial charge in [-0.2, -0.15) is 18.2 Å². The third-order valence-electron chi connectivity index (χ3n) is 4.86. The molecule has 0 saturated heterocycles. The third-order valence-corrected chi connectivity index (χ3v) is 20.5. The van der Waals surface area contributed by atoms with E-state index in [-0.39, 0.29) is 17.1 Å². The summed E-state index contributed by atoms with van der Waals surface area (Å²) in [5, 5.41) is 0. The summed E-state index contributed by atoms with van der Waals surface area (Å²) in [5.41, 5.74) is 0. The van der Waals surface area contributed by atoms with Crippen LogP contribution in [-0.4, -0.2) is 18.4 Å². The van der Waals surface area contributed by atoms with E-state index >= 15 is 0 Å². The van der Waals surface area contributed by atoms with E-state index in [1.54, 1.807) is 13.3 Å². The molecule has 0 aliphatic rings. The van der Waals surface area contributed by atoms with Gasteiger partial charge in [0.1, 0.15) is 0 Å². The molecule has 0 N–H and O–H groups in total. The molecule has 0 nitrogen and oxygen atoms in total. The van der Waals surface area contributed by atoms with Crippen LogP contribution >= 0.6 is 0 Å². The van der Waals surface area contributed by atoms with Crippen LogP contribution in [0.5, 0.6) is 0 Å². The number of hydrogen-bond donors (Lipinski definition) is 0. The maximum atomic E-state index is 2.46. The molecule has 24 heavy (non-hydrogen) atoms. The summed E-state index contributed by atoms with van der Waals surface area (Å²) in [6, 6.07) is 19.4. The van der Waals surface area contributed by atoms with Gasteiger partial charge in [0.05, 0.1) is 0 Å². The Morgan fingerprint density at radius 2 is 1.12 bits per heavy atom. The smallest absolute Gasteiger partial charge is 0.214 e. The molecule has 0 aliphatic carbocycles. The summed E-state index contributed by atoms with van der Waals surface area (Å²) in [5.74, 6) is 0. The Labute approximate surface area is 165 Å². The molecule has 0 bridgehead atoms. The molecule has 0 fully saturated rings. The standard InChI is InChI=1S/C5H5.C5H4.3C4H9.Fe.Sn/c2*1-2-4-5-3-1;3*1-3-4-2;;/h1-5H;1-4H;3*1,3-4H2,2H3;;/q2*-1;;;;+2;. The topological polar surface area (TPSA) is 0 Å². The maximum Gasteiger partial charge on any atom is 2.00 e. The molecule has 0 aliphatic heterocycles. The summed E-state index contributed by atoms with van der Waals surface area (Å²) < 4.78 is 6.60. The summed E-state index contributed by atoms with van der Waals surface area (Å²) >= 11 is -2.03. The largest absolute Gasteiger partial charge is 2.00 e. The fraction of sp³-hybridized carbons (Fsp3) is 0.545. The molecule has 0 spiro atoms. The predicted octanol–water partition coefficient (Wildman–Crippen LogP) is 6.86. The minimum Gasteiger partial charge on any atom is -0.214 e. The zero-order valence-electron chi connectivity index (χ0n) is 15.9. The first kappa shape index (κ1) is 24.0. The van der Waals surface area contributed by atoms with Crippen molar-refractivity contribution in [2.75, 3.05) is 0 Å². The Kier molecular flexibility index (Phi) is 15.3. The van der Waals surface area contributed by atoms with E-state index in [4.69, 9.17) is 0 Å². The van der Waals surface area contributed by atoms with Gasteiger partial charge in [0.2, 0.25) is 0 Å². The van der Waals surface area contributed by atoms with Crippen molar-refractivity contribution in [3.05, 3.63) is 54.6 Å². The summed E-state index contributed by atoms with van der Waals surface area (Å²) in [4.78, 5) is 0. The predicted molar refractivity (Wildman–Crippen MR) is 109 cm³/mol. The van der Waals surface area contributed by atoms with Crippen LogP contribution in [0.15, 0.2) is 54.6 Å². The summed E-state index contributed by atoms with van der Waals surface area (Å²) in [7, 11) is 0. The molecular weight excluding hydrogens is 439 g/mol. The molecule has 0 radical (unpaired) electrons. The number of hydrogen-bond acceptors (Lipinski definition) is 0. The third kappa shape index (κ3) is 8.92. The van der Waals surface area contributed by atoms with Gasteiger partial charge in [-0.1, -0.05) is 0 Å². The number of rotatable bonds is 10. The van der Waals surface area contributed by atoms with Crippen molar-refractivity contribution in [2.45, 2.75) is 72.6 Å². The van der Waals surface area contributed by atoms with Crippen LogP contribution in [0.1, 0.15) is 59.3 Å². The first-order valence-electron chi connectivity index (χ1n) is 9.68. The summed E-state index contributed by atoms with van der Waals surface area (Å²) in [6.45, 7) is 7.05. The van der Waals surface area contributed by atoms with E-state index in [9.17, 15) is 0 Å². The average Bonchev–Trinajstić information content (AvgIpc) is 3.30. The quantitative estimate of drug-likeness (QED) is 0.260. The van der Waals surface area contributed by atoms with Crippen LogP contribution in [0.2, 0.25) is 13.3 Å². The summed E-state index contributed by atoms with van der Waals surface area (Å²) in [6.07, 6.45) is 8.52. The van der Waals surface area contributed by atoms with Gasteiger partial charge in [0, 0.05) is 0 Å². The first-order chi connectivity index (χ1) is 11.3. The second kappa shape index (κ2) is 15.3. The SMILES string of the molecule is CCC[CH2][Sn]([CH2]CCC)([CH2]CCC)[c-]1cccc1.[Fe+2].c1cc[cH-]c1. The van der Waals surface area contributed by atoms with Gasteiger partial charge in [0.25, 0.3) is 0 Å². The molecule has 2 heteroatoms. The van der Waals surface area contributed by atoms with E-state index in [1.807, 2.05) is 33.9 Å². The van der Waals surface area contributed by atoms with E-state index in [0.717, 1.165) is 0 Å². The zero-order valence-corrected chi connectivity index (χ0v) is 19.9. The molecule has 2 aromatic rings. The van der Waals surface area contributed by atoms with E-state index in [0.29, 0.717) is 0 Å². The Morgan fingerprint density at radius 3 is 1.42 bits per heavy atom. The fourth-order valence-electron chi connectivity index (χ4n) is 3.40. The van der Waals surface area contributed by atoms with Gasteiger partial charge in [-0.15, -0.1) is 0 Å². The number of unbranched alkanes of at least 4 members (excludes halogenated alkanes) is 3. The molecule has 0 aromatic heterocycles. The van der Waals surface area contributed by atoms with Crippen LogP contribution in [0.4, 0.5) is 0 Å². The molecule has 2 rings (SSSR count). The van der Waals surface area contributed by atoms with Gasteiger partial charge >= 0.3 is 136 Å². The minimum absolute atomic E-state index is 0. The monoisotopic (exact) mass is 476 g/mol. The molecule has 0 unspecified atom stereocenters. The second-order valence-corrected chi connectivity index (χ2v) is 20.0. The van der Waals surface area contributed by atoms with Gasteiger partial charge in [-0.25, -0.2) is 12.1 Å².